The number of halogens is 3. The first-order valence-corrected chi connectivity index (χ1v) is 11.3. The molecular formula is C18H15ClF2N2O2S2. The molecule has 0 unspecified atom stereocenters. The highest BCUT2D eigenvalue weighted by Gasteiger charge is 2.44. The topological polar surface area (TPSA) is 49.7 Å². The molecule has 4 rings (SSSR count). The van der Waals surface area contributed by atoms with Gasteiger partial charge < -0.3 is 4.90 Å². The second-order valence-corrected chi connectivity index (χ2v) is 10.3. The van der Waals surface area contributed by atoms with E-state index < -0.39 is 21.5 Å². The summed E-state index contributed by atoms with van der Waals surface area (Å²) in [6.45, 7) is 0.193. The zero-order valence-corrected chi connectivity index (χ0v) is 16.4. The van der Waals surface area contributed by atoms with E-state index in [0.29, 0.717) is 16.4 Å². The Morgan fingerprint density at radius 3 is 2.67 bits per heavy atom. The molecule has 2 aliphatic heterocycles. The number of sulfone groups is 1. The van der Waals surface area contributed by atoms with Crippen molar-refractivity contribution in [2.24, 2.45) is 4.99 Å². The van der Waals surface area contributed by atoms with E-state index in [4.69, 9.17) is 11.6 Å². The molecule has 2 aromatic rings. The molecule has 0 N–H and O–H groups in total. The largest absolute Gasteiger partial charge is 0.314 e. The minimum Gasteiger partial charge on any atom is -0.314 e. The Morgan fingerprint density at radius 1 is 1.19 bits per heavy atom. The van der Waals surface area contributed by atoms with Crippen LogP contribution in [0.15, 0.2) is 47.5 Å². The molecule has 1 saturated heterocycles. The van der Waals surface area contributed by atoms with Gasteiger partial charge in [0.15, 0.2) is 15.0 Å². The summed E-state index contributed by atoms with van der Waals surface area (Å²) in [6, 6.07) is 10.0. The van der Waals surface area contributed by atoms with Crippen LogP contribution in [-0.2, 0) is 16.4 Å². The van der Waals surface area contributed by atoms with Gasteiger partial charge in [-0.2, -0.15) is 0 Å². The molecule has 2 heterocycles. The summed E-state index contributed by atoms with van der Waals surface area (Å²) < 4.78 is 51.4. The van der Waals surface area contributed by atoms with E-state index in [1.54, 1.807) is 29.2 Å². The first kappa shape index (κ1) is 18.7. The molecule has 0 spiro atoms. The number of hydrogen-bond donors (Lipinski definition) is 0. The average Bonchev–Trinajstić information content (AvgIpc) is 3.08. The van der Waals surface area contributed by atoms with Crippen LogP contribution in [0.25, 0.3) is 0 Å². The van der Waals surface area contributed by atoms with Crippen molar-refractivity contribution in [3.8, 4) is 0 Å². The van der Waals surface area contributed by atoms with Crippen molar-refractivity contribution < 1.29 is 17.2 Å². The average molecular weight is 429 g/mol. The first-order chi connectivity index (χ1) is 12.8. The maximum atomic E-state index is 14.5. The van der Waals surface area contributed by atoms with Gasteiger partial charge in [0.2, 0.25) is 0 Å². The maximum Gasteiger partial charge on any atom is 0.164 e. The number of anilines is 1. The lowest BCUT2D eigenvalue weighted by Gasteiger charge is -2.25. The van der Waals surface area contributed by atoms with Crippen LogP contribution in [0.2, 0.25) is 5.02 Å². The van der Waals surface area contributed by atoms with Crippen molar-refractivity contribution in [2.45, 2.75) is 17.8 Å². The van der Waals surface area contributed by atoms with Crippen LogP contribution in [0.4, 0.5) is 14.5 Å². The molecule has 2 aliphatic rings. The quantitative estimate of drug-likeness (QED) is 0.744. The van der Waals surface area contributed by atoms with Gasteiger partial charge in [0.1, 0.15) is 11.6 Å². The third-order valence-electron chi connectivity index (χ3n) is 4.52. The predicted molar refractivity (Wildman–Crippen MR) is 105 cm³/mol. The second kappa shape index (κ2) is 7.07. The monoisotopic (exact) mass is 428 g/mol. The summed E-state index contributed by atoms with van der Waals surface area (Å²) in [4.78, 5) is 6.22. The summed E-state index contributed by atoms with van der Waals surface area (Å²) in [5.74, 6) is -0.800. The highest BCUT2D eigenvalue weighted by molar-refractivity contribution is 8.15. The summed E-state index contributed by atoms with van der Waals surface area (Å²) in [5, 5.41) is 0.621. The van der Waals surface area contributed by atoms with Crippen molar-refractivity contribution in [3.63, 3.8) is 0 Å². The summed E-state index contributed by atoms with van der Waals surface area (Å²) in [5.41, 5.74) is 0.932. The number of rotatable bonds is 3. The number of aliphatic imine (C=N–C) groups is 1. The molecule has 0 amide bonds. The molecule has 0 bridgehead atoms. The Kier molecular flexibility index (Phi) is 4.90. The lowest BCUT2D eigenvalue weighted by atomic mass is 10.2. The van der Waals surface area contributed by atoms with E-state index >= 15 is 0 Å². The number of nitrogens with zero attached hydrogens (tertiary/aromatic N) is 2. The third kappa shape index (κ3) is 3.83. The minimum atomic E-state index is -3.08. The fraction of sp³-hybridized carbons (Fsp3) is 0.278. The summed E-state index contributed by atoms with van der Waals surface area (Å²) in [6.07, 6.45) is 0. The lowest BCUT2D eigenvalue weighted by Crippen LogP contribution is -2.29. The Labute approximate surface area is 165 Å². The van der Waals surface area contributed by atoms with Gasteiger partial charge in [0.25, 0.3) is 0 Å². The number of amidine groups is 1. The predicted octanol–water partition coefficient (Wildman–Crippen LogP) is 3.89. The van der Waals surface area contributed by atoms with E-state index in [9.17, 15) is 17.2 Å². The van der Waals surface area contributed by atoms with E-state index in [1.807, 2.05) is 0 Å². The Bertz CT molecular complexity index is 1030. The SMILES string of the molecule is O=S1(=O)C[C@@H]2N=C(N(Cc3ccc(F)cc3Cl)c3ccccc3F)S[C@@H]2C1. The molecule has 0 aliphatic carbocycles. The normalized spacial score (nSPS) is 23.1. The molecular weight excluding hydrogens is 414 g/mol. The van der Waals surface area contributed by atoms with Crippen molar-refractivity contribution in [2.75, 3.05) is 16.4 Å². The molecule has 1 fully saturated rings. The fourth-order valence-corrected chi connectivity index (χ4v) is 7.22. The number of thioether (sulfide) groups is 1. The standard InChI is InChI=1S/C18H15ClF2N2O2S2/c19-13-7-12(20)6-5-11(13)8-23(16-4-2-1-3-14(16)21)18-22-15-9-27(24,25)10-17(15)26-18/h1-7,15,17H,8-10H2/t15-,17+/m0/s1. The van der Waals surface area contributed by atoms with E-state index in [-0.39, 0.29) is 34.4 Å². The first-order valence-electron chi connectivity index (χ1n) is 8.23. The smallest absolute Gasteiger partial charge is 0.164 e. The zero-order valence-electron chi connectivity index (χ0n) is 14.0. The molecule has 0 aromatic heterocycles. The van der Waals surface area contributed by atoms with Crippen LogP contribution in [0.1, 0.15) is 5.56 Å². The van der Waals surface area contributed by atoms with Gasteiger partial charge in [0, 0.05) is 10.3 Å². The van der Waals surface area contributed by atoms with E-state index in [2.05, 4.69) is 4.99 Å². The highest BCUT2D eigenvalue weighted by atomic mass is 35.5. The Balaban J connectivity index is 1.71. The van der Waals surface area contributed by atoms with Crippen molar-refractivity contribution in [1.82, 2.24) is 0 Å². The van der Waals surface area contributed by atoms with E-state index in [1.165, 1.54) is 30.0 Å². The van der Waals surface area contributed by atoms with Crippen LogP contribution >= 0.6 is 23.4 Å². The molecule has 0 saturated carbocycles. The zero-order chi connectivity index (χ0) is 19.2. The van der Waals surface area contributed by atoms with Gasteiger partial charge in [0.05, 0.1) is 29.8 Å². The van der Waals surface area contributed by atoms with Gasteiger partial charge in [-0.25, -0.2) is 17.2 Å². The van der Waals surface area contributed by atoms with Gasteiger partial charge in [-0.1, -0.05) is 41.6 Å². The number of para-hydroxylation sites is 1. The molecule has 4 nitrogen and oxygen atoms in total. The third-order valence-corrected chi connectivity index (χ3v) is 8.12. The van der Waals surface area contributed by atoms with Crippen molar-refractivity contribution in [1.29, 1.82) is 0 Å². The number of fused-ring (bicyclic) bond motifs is 1. The highest BCUT2D eigenvalue weighted by Crippen LogP contribution is 2.38. The molecule has 0 radical (unpaired) electrons. The van der Waals surface area contributed by atoms with Gasteiger partial charge in [-0.05, 0) is 29.8 Å². The molecule has 2 aromatic carbocycles. The lowest BCUT2D eigenvalue weighted by molar-refractivity contribution is 0.601. The molecule has 9 heteroatoms. The van der Waals surface area contributed by atoms with E-state index in [0.717, 1.165) is 0 Å². The molecule has 27 heavy (non-hydrogen) atoms. The molecule has 2 atom stereocenters. The van der Waals surface area contributed by atoms with Crippen LogP contribution in [0.5, 0.6) is 0 Å². The summed E-state index contributed by atoms with van der Waals surface area (Å²) in [7, 11) is -3.08. The maximum absolute atomic E-state index is 14.5. The van der Waals surface area contributed by atoms with Gasteiger partial charge in [-0.3, -0.25) is 4.99 Å². The van der Waals surface area contributed by atoms with Crippen LogP contribution in [0.3, 0.4) is 0 Å². The fourth-order valence-electron chi connectivity index (χ4n) is 3.22. The van der Waals surface area contributed by atoms with Crippen molar-refractivity contribution in [3.05, 3.63) is 64.7 Å². The van der Waals surface area contributed by atoms with Gasteiger partial charge in [-0.15, -0.1) is 0 Å². The number of hydrogen-bond acceptors (Lipinski definition) is 5. The van der Waals surface area contributed by atoms with Crippen LogP contribution in [0, 0.1) is 11.6 Å². The Morgan fingerprint density at radius 2 is 1.96 bits per heavy atom. The number of benzene rings is 2. The molecule has 142 valence electrons. The Hall–Kier alpha value is -1.64. The van der Waals surface area contributed by atoms with Crippen molar-refractivity contribution >= 4 is 44.1 Å². The minimum absolute atomic E-state index is 0.0105. The van der Waals surface area contributed by atoms with Crippen LogP contribution < -0.4 is 4.90 Å². The second-order valence-electron chi connectivity index (χ2n) is 6.49. The van der Waals surface area contributed by atoms with Crippen LogP contribution in [-0.4, -0.2) is 36.4 Å². The summed E-state index contributed by atoms with van der Waals surface area (Å²) >= 11 is 7.49. The van der Waals surface area contributed by atoms with Gasteiger partial charge >= 0.3 is 0 Å².